The van der Waals surface area contributed by atoms with Gasteiger partial charge in [-0.15, -0.1) is 0 Å². The van der Waals surface area contributed by atoms with E-state index in [0.717, 1.165) is 44.6 Å². The monoisotopic (exact) mass is 784 g/mol. The zero-order chi connectivity index (χ0) is 35.1. The van der Waals surface area contributed by atoms with Crippen LogP contribution >= 0.6 is 0 Å². The summed E-state index contributed by atoms with van der Waals surface area (Å²) in [5, 5.41) is 5.90. The number of hydrogen-bond acceptors (Lipinski definition) is 8. The molecule has 2 aromatic heterocycles. The van der Waals surface area contributed by atoms with Crippen LogP contribution in [0.2, 0.25) is 0 Å². The Morgan fingerprint density at radius 2 is 0.962 bits per heavy atom. The van der Waals surface area contributed by atoms with Crippen LogP contribution in [0.4, 0.5) is 34.1 Å². The molecule has 0 amide bonds. The van der Waals surface area contributed by atoms with Crippen LogP contribution in [0.1, 0.15) is 12.8 Å². The van der Waals surface area contributed by atoms with Gasteiger partial charge in [0.1, 0.15) is 11.4 Å². The molecule has 0 unspecified atom stereocenters. The molecular weight excluding hydrogens is 747 g/mol. The van der Waals surface area contributed by atoms with Gasteiger partial charge in [-0.1, -0.05) is 24.3 Å². The quantitative estimate of drug-likeness (QED) is 0.0746. The standard InChI is InChI=1S/C36H36N6O6S2.2ClH/c1-47-35-23-25(13-15-33(35)39-31-17-19-37-29-11-5-3-9-27(29)31)41-49(43,44)21-7-8-22-50(45,46)42-26-14-16-34(36(24-26)48-2)40-32-18-20-38-30-12-6-4-10-28(30)32;;/h3-6,9-20,23-24,41-42H,7-8,21-22H2,1-2H3,(H,37,39)(H,38,40);2*1H. The normalized spacial score (nSPS) is 11.3. The van der Waals surface area contributed by atoms with E-state index in [0.29, 0.717) is 22.9 Å². The molecule has 0 aliphatic carbocycles. The number of nitrogens with one attached hydrogen (secondary N) is 2. The van der Waals surface area contributed by atoms with Crippen LogP contribution in [0.5, 0.6) is 11.5 Å². The molecule has 274 valence electrons. The van der Waals surface area contributed by atoms with Crippen molar-refractivity contribution in [1.82, 2.24) is 9.97 Å². The Hall–Kier alpha value is -4.70. The Morgan fingerprint density at radius 3 is 1.37 bits per heavy atom. The highest BCUT2D eigenvalue weighted by Gasteiger charge is 2.18. The van der Waals surface area contributed by atoms with Crippen LogP contribution in [-0.4, -0.2) is 52.5 Å². The molecule has 0 aliphatic rings. The number of fused-ring (bicyclic) bond motifs is 2. The number of hydrogen-bond donors (Lipinski definition) is 4. The number of halogens is 2. The van der Waals surface area contributed by atoms with E-state index >= 15 is 0 Å². The zero-order valence-electron chi connectivity index (χ0n) is 28.3. The summed E-state index contributed by atoms with van der Waals surface area (Å²) in [7, 11) is -4.46. The first kappa shape index (κ1) is 40.1. The molecule has 0 bridgehead atoms. The van der Waals surface area contributed by atoms with E-state index in [1.807, 2.05) is 71.3 Å². The fourth-order valence-corrected chi connectivity index (χ4v) is 8.00. The lowest BCUT2D eigenvalue weighted by Crippen LogP contribution is -3.00. The topological polar surface area (TPSA) is 170 Å². The van der Waals surface area contributed by atoms with Crippen molar-refractivity contribution in [3.63, 3.8) is 0 Å². The van der Waals surface area contributed by atoms with Gasteiger partial charge >= 0.3 is 0 Å². The average molecular weight is 786 g/mol. The van der Waals surface area contributed by atoms with Crippen molar-refractivity contribution in [3.05, 3.63) is 109 Å². The summed E-state index contributed by atoms with van der Waals surface area (Å²) >= 11 is 0. The van der Waals surface area contributed by atoms with Crippen LogP contribution in [0.3, 0.4) is 0 Å². The van der Waals surface area contributed by atoms with Crippen molar-refractivity contribution in [1.29, 1.82) is 0 Å². The van der Waals surface area contributed by atoms with E-state index in [9.17, 15) is 16.8 Å². The number of rotatable bonds is 15. The Labute approximate surface area is 315 Å². The van der Waals surface area contributed by atoms with Gasteiger partial charge in [-0.2, -0.15) is 0 Å². The van der Waals surface area contributed by atoms with Gasteiger partial charge in [0.25, 0.3) is 0 Å². The molecule has 52 heavy (non-hydrogen) atoms. The van der Waals surface area contributed by atoms with Gasteiger partial charge in [0.05, 0.1) is 58.9 Å². The van der Waals surface area contributed by atoms with Gasteiger partial charge in [-0.05, 0) is 49.2 Å². The van der Waals surface area contributed by atoms with Gasteiger partial charge in [0.2, 0.25) is 20.0 Å². The molecule has 6 aromatic rings. The number of methoxy groups -OCH3 is 2. The van der Waals surface area contributed by atoms with E-state index in [4.69, 9.17) is 9.47 Å². The second-order valence-electron chi connectivity index (χ2n) is 11.6. The summed E-state index contributed by atoms with van der Waals surface area (Å²) in [5.74, 6) is 0.501. The SMILES string of the molecule is COc1cc(NS(=O)(=O)CCCCS(=O)(=O)Nc2ccc([NH2+]c3ccnc4ccccc34)c(OC)c2)ccc1[NH2+]c1ccnc2ccccc12.[Cl-].[Cl-]. The third-order valence-electron chi connectivity index (χ3n) is 8.08. The zero-order valence-corrected chi connectivity index (χ0v) is 31.4. The molecule has 4 aromatic carbocycles. The Bertz CT molecular complexity index is 2210. The number of unbranched alkanes of at least 4 members (excludes halogenated alkanes) is 1. The number of nitrogens with two attached hydrogens (primary N) is 2. The molecule has 6 N–H and O–H groups in total. The number of para-hydroxylation sites is 2. The minimum atomic E-state index is -3.75. The molecule has 0 radical (unpaired) electrons. The van der Waals surface area contributed by atoms with Crippen LogP contribution in [-0.2, 0) is 20.0 Å². The highest BCUT2D eigenvalue weighted by molar-refractivity contribution is 7.93. The highest BCUT2D eigenvalue weighted by Crippen LogP contribution is 2.29. The van der Waals surface area contributed by atoms with E-state index in [1.54, 1.807) is 48.8 Å². The Balaban J connectivity index is 0.00000302. The number of aromatic nitrogens is 2. The molecule has 0 saturated carbocycles. The molecule has 0 fully saturated rings. The summed E-state index contributed by atoms with van der Waals surface area (Å²) in [4.78, 5) is 8.80. The second-order valence-corrected chi connectivity index (χ2v) is 15.3. The first-order chi connectivity index (χ1) is 24.1. The largest absolute Gasteiger partial charge is 1.00 e. The summed E-state index contributed by atoms with van der Waals surface area (Å²) in [6.07, 6.45) is 3.77. The van der Waals surface area contributed by atoms with Gasteiger partial charge in [0.15, 0.2) is 22.9 Å². The fraction of sp³-hybridized carbons (Fsp3) is 0.167. The Morgan fingerprint density at radius 1 is 0.558 bits per heavy atom. The molecule has 0 atom stereocenters. The van der Waals surface area contributed by atoms with Crippen molar-refractivity contribution in [2.75, 3.05) is 35.2 Å². The first-order valence-corrected chi connectivity index (χ1v) is 19.2. The van der Waals surface area contributed by atoms with Crippen LogP contribution in [0.15, 0.2) is 109 Å². The van der Waals surface area contributed by atoms with Crippen molar-refractivity contribution >= 4 is 76.0 Å². The number of anilines is 2. The van der Waals surface area contributed by atoms with E-state index in [-0.39, 0.29) is 49.2 Å². The number of sulfonamides is 2. The second kappa shape index (κ2) is 17.7. The number of ether oxygens (including phenoxy) is 2. The van der Waals surface area contributed by atoms with E-state index in [2.05, 4.69) is 19.4 Å². The molecule has 16 heteroatoms. The summed E-state index contributed by atoms with van der Waals surface area (Å²) in [5.41, 5.74) is 5.89. The molecule has 0 saturated heterocycles. The van der Waals surface area contributed by atoms with Gasteiger partial charge in [0, 0.05) is 48.8 Å². The summed E-state index contributed by atoms with van der Waals surface area (Å²) in [6.45, 7) is 0. The van der Waals surface area contributed by atoms with Crippen molar-refractivity contribution in [2.45, 2.75) is 12.8 Å². The number of pyridine rings is 2. The smallest absolute Gasteiger partial charge is 0.232 e. The van der Waals surface area contributed by atoms with E-state index in [1.165, 1.54) is 14.2 Å². The Kier molecular flexibility index (Phi) is 13.6. The molecular formula is C36H38Cl2N6O6S2. The minimum Gasteiger partial charge on any atom is -1.00 e. The predicted molar refractivity (Wildman–Crippen MR) is 196 cm³/mol. The highest BCUT2D eigenvalue weighted by atomic mass is 35.5. The molecule has 0 spiro atoms. The van der Waals surface area contributed by atoms with Crippen LogP contribution < -0.4 is 54.4 Å². The van der Waals surface area contributed by atoms with Crippen molar-refractivity contribution in [3.8, 4) is 11.5 Å². The summed E-state index contributed by atoms with van der Waals surface area (Å²) in [6, 6.07) is 29.6. The van der Waals surface area contributed by atoms with Crippen LogP contribution in [0, 0.1) is 0 Å². The van der Waals surface area contributed by atoms with E-state index < -0.39 is 20.0 Å². The maximum absolute atomic E-state index is 12.9. The van der Waals surface area contributed by atoms with Crippen LogP contribution in [0.25, 0.3) is 21.8 Å². The fourth-order valence-electron chi connectivity index (χ4n) is 5.66. The molecule has 0 aliphatic heterocycles. The van der Waals surface area contributed by atoms with Crippen molar-refractivity contribution in [2.24, 2.45) is 0 Å². The minimum absolute atomic E-state index is 0. The third-order valence-corrected chi connectivity index (χ3v) is 10.8. The lowest BCUT2D eigenvalue weighted by Gasteiger charge is -2.13. The van der Waals surface area contributed by atoms with Gasteiger partial charge < -0.3 is 34.3 Å². The van der Waals surface area contributed by atoms with Gasteiger partial charge in [-0.3, -0.25) is 30.0 Å². The lowest BCUT2D eigenvalue weighted by molar-refractivity contribution is -0.478. The molecule has 2 heterocycles. The molecule has 12 nitrogen and oxygen atoms in total. The number of benzene rings is 4. The third kappa shape index (κ3) is 10.00. The summed E-state index contributed by atoms with van der Waals surface area (Å²) < 4.78 is 67.9. The van der Waals surface area contributed by atoms with Gasteiger partial charge in [-0.25, -0.2) is 16.8 Å². The lowest BCUT2D eigenvalue weighted by atomic mass is 10.1. The molecule has 6 rings (SSSR count). The first-order valence-electron chi connectivity index (χ1n) is 15.9. The number of nitrogens with zero attached hydrogens (tertiary/aromatic N) is 2. The maximum atomic E-state index is 12.9. The maximum Gasteiger partial charge on any atom is 0.232 e. The van der Waals surface area contributed by atoms with Crippen molar-refractivity contribution < 1.29 is 61.8 Å². The average Bonchev–Trinajstić information content (AvgIpc) is 3.11. The number of quaternary nitrogens is 2. The predicted octanol–water partition coefficient (Wildman–Crippen LogP) is -1.17.